The number of nitrogens with zero attached hydrogens (tertiary/aromatic N) is 6. The number of nitrogens with two attached hydrogens (primary N) is 2. The smallest absolute Gasteiger partial charge is 0.373 e. The first-order valence-electron chi connectivity index (χ1n) is 1.13. The van der Waals surface area contributed by atoms with Gasteiger partial charge in [-0.05, 0) is 0 Å². The van der Waals surface area contributed by atoms with Crippen LogP contribution in [-0.4, -0.2) is 0 Å². The average Bonchev–Trinajstić information content (AvgIpc) is 1.75. The van der Waals surface area contributed by atoms with Gasteiger partial charge in [-0.15, -0.1) is 0 Å². The van der Waals surface area contributed by atoms with Gasteiger partial charge in [-0.1, -0.05) is 0 Å². The minimum Gasteiger partial charge on any atom is -0.373 e. The molecule has 9 heavy (non-hydrogen) atoms. The first-order chi connectivity index (χ1) is 3.83. The number of rotatable bonds is 0. The van der Waals surface area contributed by atoms with Gasteiger partial charge >= 0.3 is 16.5 Å². The molecule has 0 fully saturated rings. The van der Waals surface area contributed by atoms with Crippen LogP contribution in [0, 0.1) is 0 Å². The topological polar surface area (TPSA) is 169 Å². The maximum Gasteiger partial charge on any atom is 2.00 e. The molecule has 0 aromatic carbocycles. The van der Waals surface area contributed by atoms with Gasteiger partial charge in [-0.3, -0.25) is 21.5 Å². The van der Waals surface area contributed by atoms with Crippen LogP contribution in [0.25, 0.3) is 31.9 Å². The van der Waals surface area contributed by atoms with E-state index in [0.717, 1.165) is 0 Å². The molecule has 0 bridgehead atoms. The summed E-state index contributed by atoms with van der Waals surface area (Å²) < 4.78 is 0. The minimum absolute atomic E-state index is 0. The molecule has 0 amide bonds. The van der Waals surface area contributed by atoms with Crippen molar-refractivity contribution in [1.82, 2.24) is 0 Å². The molecule has 0 radical (unpaired) electrons. The molecule has 0 spiro atoms. The summed E-state index contributed by atoms with van der Waals surface area (Å²) in [6.45, 7) is 0. The van der Waals surface area contributed by atoms with Crippen molar-refractivity contribution in [2.45, 2.75) is 0 Å². The van der Waals surface area contributed by atoms with Gasteiger partial charge in [0.1, 0.15) is 0 Å². The summed E-state index contributed by atoms with van der Waals surface area (Å²) >= 11 is 0. The summed E-state index contributed by atoms with van der Waals surface area (Å²) in [6, 6.07) is 0. The van der Waals surface area contributed by atoms with Crippen molar-refractivity contribution in [3.63, 3.8) is 0 Å². The molecule has 0 heterocycles. The predicted molar refractivity (Wildman–Crippen MR) is 28.5 cm³/mol. The molecular formula is H4N8Ni. The summed E-state index contributed by atoms with van der Waals surface area (Å²) in [5.74, 6) is 8.00. The van der Waals surface area contributed by atoms with E-state index < -0.39 is 0 Å². The summed E-state index contributed by atoms with van der Waals surface area (Å²) in [4.78, 5) is 3.00. The van der Waals surface area contributed by atoms with Crippen LogP contribution in [0.3, 0.4) is 0 Å². The van der Waals surface area contributed by atoms with Crippen molar-refractivity contribution < 1.29 is 16.5 Å². The van der Waals surface area contributed by atoms with E-state index in [9.17, 15) is 0 Å². The molecule has 0 aliphatic carbocycles. The Morgan fingerprint density at radius 3 is 0.778 bits per heavy atom. The SMILES string of the molecule is NN.[N-]=[N+]=[N-].[N-]=[N+]=[N-].[Ni+2]. The molecule has 4 N–H and O–H groups in total. The molecule has 0 aromatic rings. The number of hydrogen-bond acceptors (Lipinski definition) is 2. The molecule has 0 unspecified atom stereocenters. The van der Waals surface area contributed by atoms with E-state index in [1.807, 2.05) is 0 Å². The van der Waals surface area contributed by atoms with Gasteiger partial charge in [0.25, 0.3) is 0 Å². The normalized spacial score (nSPS) is 2.44. The van der Waals surface area contributed by atoms with Gasteiger partial charge in [-0.2, -0.15) is 0 Å². The van der Waals surface area contributed by atoms with E-state index in [1.165, 1.54) is 9.82 Å². The molecule has 54 valence electrons. The van der Waals surface area contributed by atoms with Gasteiger partial charge in [0, 0.05) is 0 Å². The van der Waals surface area contributed by atoms with Gasteiger partial charge in [0.05, 0.1) is 0 Å². The Hall–Kier alpha value is -0.966. The molecule has 0 saturated heterocycles. The van der Waals surface area contributed by atoms with Crippen LogP contribution in [0.1, 0.15) is 0 Å². The predicted octanol–water partition coefficient (Wildman–Crippen LogP) is 0.548. The summed E-state index contributed by atoms with van der Waals surface area (Å²) in [6.07, 6.45) is 0. The number of hydrazine groups is 1. The quantitative estimate of drug-likeness (QED) is 0.137. The van der Waals surface area contributed by atoms with Crippen molar-refractivity contribution >= 4 is 0 Å². The Morgan fingerprint density at radius 2 is 0.778 bits per heavy atom. The van der Waals surface area contributed by atoms with E-state index in [-0.39, 0.29) is 16.5 Å². The van der Waals surface area contributed by atoms with Crippen molar-refractivity contribution in [2.24, 2.45) is 11.7 Å². The van der Waals surface area contributed by atoms with E-state index >= 15 is 0 Å². The second kappa shape index (κ2) is 240. The van der Waals surface area contributed by atoms with Gasteiger partial charge in [0.15, 0.2) is 0 Å². The van der Waals surface area contributed by atoms with Crippen molar-refractivity contribution in [3.05, 3.63) is 31.9 Å². The Morgan fingerprint density at radius 1 is 0.778 bits per heavy atom. The third-order valence-corrected chi connectivity index (χ3v) is 0. The third kappa shape index (κ3) is 191. The summed E-state index contributed by atoms with van der Waals surface area (Å²) in [7, 11) is 0. The van der Waals surface area contributed by atoms with Crippen LogP contribution >= 0.6 is 0 Å². The molecule has 0 saturated carbocycles. The van der Waals surface area contributed by atoms with Crippen molar-refractivity contribution in [1.29, 1.82) is 0 Å². The zero-order chi connectivity index (χ0) is 7.41. The van der Waals surface area contributed by atoms with Gasteiger partial charge in [0.2, 0.25) is 0 Å². The Balaban J connectivity index is -0.0000000202. The summed E-state index contributed by atoms with van der Waals surface area (Å²) in [5.41, 5.74) is 27.0. The zero-order valence-electron chi connectivity index (χ0n) is 4.15. The fourth-order valence-electron chi connectivity index (χ4n) is 0. The number of hydrogen-bond donors (Lipinski definition) is 2. The molecule has 8 nitrogen and oxygen atoms in total. The molecule has 0 rings (SSSR count). The van der Waals surface area contributed by atoms with Crippen LogP contribution in [0.15, 0.2) is 0 Å². The van der Waals surface area contributed by atoms with E-state index in [4.69, 9.17) is 22.1 Å². The van der Waals surface area contributed by atoms with Crippen molar-refractivity contribution in [2.75, 3.05) is 0 Å². The molecule has 0 aromatic heterocycles. The maximum atomic E-state index is 6.75. The van der Waals surface area contributed by atoms with Crippen LogP contribution in [0.2, 0.25) is 0 Å². The maximum absolute atomic E-state index is 6.75. The molecule has 0 aliphatic rings. The van der Waals surface area contributed by atoms with E-state index in [1.54, 1.807) is 0 Å². The summed E-state index contributed by atoms with van der Waals surface area (Å²) in [5, 5.41) is 0. The molecule has 0 atom stereocenters. The second-order valence-corrected chi connectivity index (χ2v) is 0.179. The van der Waals surface area contributed by atoms with Crippen LogP contribution in [0.5, 0.6) is 0 Å². The Bertz CT molecular complexity index is 58.6. The zero-order valence-corrected chi connectivity index (χ0v) is 5.14. The molecular weight excluding hydrogens is 171 g/mol. The monoisotopic (exact) mass is 174 g/mol. The first-order valence-corrected chi connectivity index (χ1v) is 1.13. The van der Waals surface area contributed by atoms with Crippen molar-refractivity contribution in [3.8, 4) is 0 Å². The fourth-order valence-corrected chi connectivity index (χ4v) is 0. The average molecular weight is 175 g/mol. The minimum atomic E-state index is 0. The molecule has 9 heteroatoms. The van der Waals surface area contributed by atoms with Gasteiger partial charge in [-0.25, -0.2) is 0 Å². The first kappa shape index (κ1) is 24.4. The molecule has 0 aliphatic heterocycles. The second-order valence-electron chi connectivity index (χ2n) is 0.179. The standard InChI is InChI=1S/2N3.H4N2.Ni/c2*1-3-2;1-2;/h;;1-2H2;/q2*-1;;+2. The Kier molecular flexibility index (Phi) is 651. The van der Waals surface area contributed by atoms with Crippen LogP contribution in [0.4, 0.5) is 0 Å². The Labute approximate surface area is 60.9 Å². The van der Waals surface area contributed by atoms with Crippen LogP contribution < -0.4 is 11.7 Å². The fraction of sp³-hybridized carbons (Fsp3) is 0. The van der Waals surface area contributed by atoms with Crippen LogP contribution in [-0.2, 0) is 16.5 Å². The van der Waals surface area contributed by atoms with Gasteiger partial charge < -0.3 is 22.1 Å². The largest absolute Gasteiger partial charge is 2.00 e. The van der Waals surface area contributed by atoms with E-state index in [0.29, 0.717) is 0 Å². The van der Waals surface area contributed by atoms with E-state index in [2.05, 4.69) is 11.7 Å². The third-order valence-electron chi connectivity index (χ3n) is 0.